The van der Waals surface area contributed by atoms with Crippen LogP contribution in [0.25, 0.3) is 10.3 Å². The van der Waals surface area contributed by atoms with Gasteiger partial charge in [-0.3, -0.25) is 0 Å². The molecule has 0 amide bonds. The molecule has 0 bridgehead atoms. The van der Waals surface area contributed by atoms with Crippen LogP contribution in [0.15, 0.2) is 47.5 Å². The van der Waals surface area contributed by atoms with Crippen LogP contribution in [0.2, 0.25) is 5.02 Å². The number of fused-ring (bicyclic) bond motifs is 1. The Morgan fingerprint density at radius 3 is 2.77 bits per heavy atom. The Morgan fingerprint density at radius 1 is 1.08 bits per heavy atom. The fourth-order valence-corrected chi connectivity index (χ4v) is 5.73. The first kappa shape index (κ1) is 17.7. The standard InChI is InChI=1S/C17H17ClN4O2S2/c18-13-4-1-5-14(12-13)26(23,24)22-9-3-8-21(10-11-22)17-20-15-6-2-7-19-16(15)25-17/h1-2,4-7,12H,3,8-11H2. The highest BCUT2D eigenvalue weighted by atomic mass is 35.5. The average molecular weight is 409 g/mol. The van der Waals surface area contributed by atoms with E-state index in [4.69, 9.17) is 11.6 Å². The summed E-state index contributed by atoms with van der Waals surface area (Å²) in [6.07, 6.45) is 2.50. The summed E-state index contributed by atoms with van der Waals surface area (Å²) in [4.78, 5) is 12.2. The summed E-state index contributed by atoms with van der Waals surface area (Å²) in [5.74, 6) is 0. The molecule has 9 heteroatoms. The summed E-state index contributed by atoms with van der Waals surface area (Å²) in [5.41, 5.74) is 0.875. The highest BCUT2D eigenvalue weighted by Gasteiger charge is 2.28. The SMILES string of the molecule is O=S(=O)(c1cccc(Cl)c1)N1CCCN(c2nc3cccnc3s2)CC1. The van der Waals surface area contributed by atoms with Gasteiger partial charge in [-0.2, -0.15) is 4.31 Å². The normalized spacial score (nSPS) is 16.7. The van der Waals surface area contributed by atoms with E-state index in [0.29, 0.717) is 24.7 Å². The predicted octanol–water partition coefficient (Wildman–Crippen LogP) is 3.25. The molecule has 0 radical (unpaired) electrons. The summed E-state index contributed by atoms with van der Waals surface area (Å²) in [7, 11) is -3.55. The van der Waals surface area contributed by atoms with E-state index in [1.54, 1.807) is 24.4 Å². The van der Waals surface area contributed by atoms with Crippen LogP contribution >= 0.6 is 22.9 Å². The molecule has 3 aromatic rings. The number of sulfonamides is 1. The molecule has 4 rings (SSSR count). The van der Waals surface area contributed by atoms with Gasteiger partial charge in [0.25, 0.3) is 0 Å². The van der Waals surface area contributed by atoms with Crippen LogP contribution in [-0.4, -0.2) is 48.9 Å². The largest absolute Gasteiger partial charge is 0.347 e. The maximum absolute atomic E-state index is 12.9. The molecule has 1 saturated heterocycles. The van der Waals surface area contributed by atoms with E-state index >= 15 is 0 Å². The summed E-state index contributed by atoms with van der Waals surface area (Å²) in [6, 6.07) is 10.2. The molecule has 1 aliphatic heterocycles. The molecule has 0 aliphatic carbocycles. The van der Waals surface area contributed by atoms with Gasteiger partial charge < -0.3 is 4.90 Å². The molecule has 0 atom stereocenters. The average Bonchev–Trinajstić information content (AvgIpc) is 2.90. The number of benzene rings is 1. The second-order valence-corrected chi connectivity index (χ2v) is 9.36. The molecule has 0 N–H and O–H groups in total. The molecule has 26 heavy (non-hydrogen) atoms. The third-order valence-electron chi connectivity index (χ3n) is 4.31. The Morgan fingerprint density at radius 2 is 1.96 bits per heavy atom. The van der Waals surface area contributed by atoms with Gasteiger partial charge in [0, 0.05) is 37.4 Å². The zero-order valence-electron chi connectivity index (χ0n) is 13.9. The first-order valence-electron chi connectivity index (χ1n) is 8.26. The molecule has 2 aromatic heterocycles. The minimum absolute atomic E-state index is 0.239. The van der Waals surface area contributed by atoms with Gasteiger partial charge >= 0.3 is 0 Å². The van der Waals surface area contributed by atoms with E-state index in [-0.39, 0.29) is 4.90 Å². The first-order valence-corrected chi connectivity index (χ1v) is 10.9. The fraction of sp³-hybridized carbons (Fsp3) is 0.294. The van der Waals surface area contributed by atoms with Crippen LogP contribution in [0.4, 0.5) is 5.13 Å². The summed E-state index contributed by atoms with van der Waals surface area (Å²) in [6.45, 7) is 2.26. The number of hydrogen-bond acceptors (Lipinski definition) is 6. The van der Waals surface area contributed by atoms with Crippen molar-refractivity contribution < 1.29 is 8.42 Å². The Labute approximate surface area is 161 Å². The summed E-state index contributed by atoms with van der Waals surface area (Å²) >= 11 is 7.50. The molecule has 0 unspecified atom stereocenters. The maximum atomic E-state index is 12.9. The summed E-state index contributed by atoms with van der Waals surface area (Å²) in [5, 5.41) is 1.31. The molecule has 136 valence electrons. The van der Waals surface area contributed by atoms with Gasteiger partial charge in [0.15, 0.2) is 5.13 Å². The van der Waals surface area contributed by atoms with Crippen molar-refractivity contribution in [1.82, 2.24) is 14.3 Å². The van der Waals surface area contributed by atoms with Crippen molar-refractivity contribution in [3.63, 3.8) is 0 Å². The number of rotatable bonds is 3. The lowest BCUT2D eigenvalue weighted by molar-refractivity contribution is 0.433. The highest BCUT2D eigenvalue weighted by molar-refractivity contribution is 7.89. The number of aromatic nitrogens is 2. The second-order valence-electron chi connectivity index (χ2n) is 6.03. The molecular weight excluding hydrogens is 392 g/mol. The van der Waals surface area contributed by atoms with E-state index < -0.39 is 10.0 Å². The van der Waals surface area contributed by atoms with Crippen LogP contribution in [-0.2, 0) is 10.0 Å². The predicted molar refractivity (Wildman–Crippen MR) is 104 cm³/mol. The Kier molecular flexibility index (Phi) is 4.83. The zero-order valence-corrected chi connectivity index (χ0v) is 16.3. The zero-order chi connectivity index (χ0) is 18.1. The van der Waals surface area contributed by atoms with Crippen molar-refractivity contribution in [3.05, 3.63) is 47.6 Å². The molecule has 0 saturated carbocycles. The van der Waals surface area contributed by atoms with Crippen LogP contribution in [0.3, 0.4) is 0 Å². The maximum Gasteiger partial charge on any atom is 0.243 e. The van der Waals surface area contributed by atoms with E-state index in [1.807, 2.05) is 12.1 Å². The van der Waals surface area contributed by atoms with Crippen molar-refractivity contribution in [2.75, 3.05) is 31.1 Å². The lowest BCUT2D eigenvalue weighted by Crippen LogP contribution is -2.35. The first-order chi connectivity index (χ1) is 12.5. The Hall–Kier alpha value is -1.74. The monoisotopic (exact) mass is 408 g/mol. The van der Waals surface area contributed by atoms with Gasteiger partial charge in [-0.15, -0.1) is 0 Å². The van der Waals surface area contributed by atoms with E-state index in [1.165, 1.54) is 21.7 Å². The van der Waals surface area contributed by atoms with Crippen molar-refractivity contribution >= 4 is 48.4 Å². The molecule has 0 spiro atoms. The lowest BCUT2D eigenvalue weighted by atomic mass is 10.4. The van der Waals surface area contributed by atoms with Crippen molar-refractivity contribution in [2.45, 2.75) is 11.3 Å². The Balaban J connectivity index is 1.54. The van der Waals surface area contributed by atoms with Gasteiger partial charge in [0.05, 0.1) is 4.90 Å². The highest BCUT2D eigenvalue weighted by Crippen LogP contribution is 2.28. The van der Waals surface area contributed by atoms with Gasteiger partial charge in [0.1, 0.15) is 10.3 Å². The third-order valence-corrected chi connectivity index (χ3v) is 7.48. The smallest absolute Gasteiger partial charge is 0.243 e. The van der Waals surface area contributed by atoms with Crippen molar-refractivity contribution in [1.29, 1.82) is 0 Å². The van der Waals surface area contributed by atoms with Gasteiger partial charge in [-0.1, -0.05) is 29.0 Å². The Bertz CT molecular complexity index is 1000. The van der Waals surface area contributed by atoms with Crippen molar-refractivity contribution in [2.24, 2.45) is 0 Å². The second kappa shape index (κ2) is 7.11. The molecular formula is C17H17ClN4O2S2. The number of pyridine rings is 1. The lowest BCUT2D eigenvalue weighted by Gasteiger charge is -2.21. The fourth-order valence-electron chi connectivity index (χ4n) is 3.00. The molecule has 1 fully saturated rings. The van der Waals surface area contributed by atoms with Gasteiger partial charge in [-0.25, -0.2) is 18.4 Å². The number of halogens is 1. The van der Waals surface area contributed by atoms with E-state index in [0.717, 1.165) is 28.4 Å². The summed E-state index contributed by atoms with van der Waals surface area (Å²) < 4.78 is 27.3. The third kappa shape index (κ3) is 3.42. The van der Waals surface area contributed by atoms with E-state index in [9.17, 15) is 8.42 Å². The molecule has 1 aliphatic rings. The molecule has 1 aromatic carbocycles. The number of anilines is 1. The van der Waals surface area contributed by atoms with Gasteiger partial charge in [0.2, 0.25) is 10.0 Å². The van der Waals surface area contributed by atoms with Crippen LogP contribution in [0.5, 0.6) is 0 Å². The topological polar surface area (TPSA) is 66.4 Å². The van der Waals surface area contributed by atoms with Crippen LogP contribution in [0, 0.1) is 0 Å². The van der Waals surface area contributed by atoms with Crippen LogP contribution in [0.1, 0.15) is 6.42 Å². The number of thiazole rings is 1. The minimum Gasteiger partial charge on any atom is -0.347 e. The molecule has 6 nitrogen and oxygen atoms in total. The quantitative estimate of drug-likeness (QED) is 0.665. The van der Waals surface area contributed by atoms with E-state index in [2.05, 4.69) is 14.9 Å². The molecule has 3 heterocycles. The van der Waals surface area contributed by atoms with Gasteiger partial charge in [-0.05, 0) is 36.8 Å². The number of nitrogens with zero attached hydrogens (tertiary/aromatic N) is 4. The number of hydrogen-bond donors (Lipinski definition) is 0. The van der Waals surface area contributed by atoms with Crippen LogP contribution < -0.4 is 4.90 Å². The van der Waals surface area contributed by atoms with Crippen molar-refractivity contribution in [3.8, 4) is 0 Å². The minimum atomic E-state index is -3.55.